The van der Waals surface area contributed by atoms with E-state index in [1.165, 1.54) is 145 Å². The number of aromatic hydroxyl groups is 1. The minimum atomic E-state index is -0.0971. The summed E-state index contributed by atoms with van der Waals surface area (Å²) in [7, 11) is 0. The normalized spacial score (nSPS) is 12.2. The summed E-state index contributed by atoms with van der Waals surface area (Å²) < 4.78 is 0. The van der Waals surface area contributed by atoms with Gasteiger partial charge in [0.25, 0.3) is 0 Å². The molecule has 0 aliphatic carbocycles. The molecule has 3 aromatic carbocycles. The number of phenolic OH excluding ortho intramolecular Hbond substituents is 1. The molecule has 0 spiro atoms. The number of hydrogen-bond acceptors (Lipinski definition) is 1. The summed E-state index contributed by atoms with van der Waals surface area (Å²) in [6.45, 7) is 19.0. The molecule has 0 unspecified atom stereocenters. The second-order valence-electron chi connectivity index (χ2n) is 17.2. The molecule has 0 aromatic heterocycles. The van der Waals surface area contributed by atoms with Crippen molar-refractivity contribution in [2.75, 3.05) is 0 Å². The highest BCUT2D eigenvalue weighted by Crippen LogP contribution is 2.40. The molecule has 0 saturated heterocycles. The highest BCUT2D eigenvalue weighted by molar-refractivity contribution is 5.47. The molecule has 1 nitrogen and oxygen atoms in total. The van der Waals surface area contributed by atoms with Crippen LogP contribution in [0.2, 0.25) is 0 Å². The Hall–Kier alpha value is -2.54. The number of phenols is 1. The first-order valence-electron chi connectivity index (χ1n) is 21.6. The lowest BCUT2D eigenvalue weighted by atomic mass is 9.71. The highest BCUT2D eigenvalue weighted by Gasteiger charge is 2.31. The van der Waals surface area contributed by atoms with Crippen LogP contribution in [0.1, 0.15) is 203 Å². The van der Waals surface area contributed by atoms with Crippen molar-refractivity contribution in [3.63, 3.8) is 0 Å². The fraction of sp³-hybridized carbons (Fsp3) is 0.640. The Morgan fingerprint density at radius 3 is 1.20 bits per heavy atom. The zero-order valence-corrected chi connectivity index (χ0v) is 34.7. The summed E-state index contributed by atoms with van der Waals surface area (Å²) in [6, 6.07) is 20.6. The van der Waals surface area contributed by atoms with Crippen LogP contribution < -0.4 is 0 Å². The molecule has 0 radical (unpaired) electrons. The predicted octanol–water partition coefficient (Wildman–Crippen LogP) is 14.9. The van der Waals surface area contributed by atoms with Crippen molar-refractivity contribution in [3.05, 3.63) is 99.1 Å². The van der Waals surface area contributed by atoms with Gasteiger partial charge in [0.15, 0.2) is 0 Å². The molecule has 3 aromatic rings. The van der Waals surface area contributed by atoms with Gasteiger partial charge in [-0.15, -0.1) is 0 Å². The molecule has 0 bridgehead atoms. The van der Waals surface area contributed by atoms with Crippen LogP contribution in [0.25, 0.3) is 0 Å². The molecule has 0 aliphatic heterocycles. The predicted molar refractivity (Wildman–Crippen MR) is 226 cm³/mol. The standard InChI is InChI=1S/C50H78O/c1-9-13-17-21-28-40-30-25-35-46(43(40)33-23-19-15-11-3)49(5,6)38-42-32-27-37-48(51)45(42)39-50(7,8)47-36-26-31-41(29-22-18-14-10-2)44(47)34-24-20-16-12-4/h25-27,30-32,35-37,51H,9-24,28-29,33-34,38-39H2,1-8H3. The van der Waals surface area contributed by atoms with E-state index in [9.17, 15) is 5.11 Å². The maximum atomic E-state index is 11.6. The Kier molecular flexibility index (Phi) is 18.9. The summed E-state index contributed by atoms with van der Waals surface area (Å²) in [5.74, 6) is 0.459. The molecule has 284 valence electrons. The Morgan fingerprint density at radius 2 is 0.765 bits per heavy atom. The largest absolute Gasteiger partial charge is 0.508 e. The smallest absolute Gasteiger partial charge is 0.119 e. The number of rotatable bonds is 26. The molecule has 0 aliphatic rings. The summed E-state index contributed by atoms with van der Waals surface area (Å²) in [5.41, 5.74) is 11.7. The van der Waals surface area contributed by atoms with Crippen molar-refractivity contribution in [2.45, 2.75) is 207 Å². The third-order valence-corrected chi connectivity index (χ3v) is 11.7. The van der Waals surface area contributed by atoms with Gasteiger partial charge in [0.2, 0.25) is 0 Å². The Balaban J connectivity index is 1.97. The van der Waals surface area contributed by atoms with Gasteiger partial charge < -0.3 is 5.11 Å². The first kappa shape index (κ1) is 42.9. The molecular weight excluding hydrogens is 617 g/mol. The molecule has 51 heavy (non-hydrogen) atoms. The second-order valence-corrected chi connectivity index (χ2v) is 17.2. The van der Waals surface area contributed by atoms with E-state index in [0.717, 1.165) is 18.4 Å². The van der Waals surface area contributed by atoms with Crippen molar-refractivity contribution in [1.29, 1.82) is 0 Å². The molecule has 0 heterocycles. The van der Waals surface area contributed by atoms with E-state index >= 15 is 0 Å². The van der Waals surface area contributed by atoms with Gasteiger partial charge in [-0.3, -0.25) is 0 Å². The Morgan fingerprint density at radius 1 is 0.392 bits per heavy atom. The zero-order valence-electron chi connectivity index (χ0n) is 34.7. The van der Waals surface area contributed by atoms with Gasteiger partial charge in [-0.1, -0.05) is 181 Å². The van der Waals surface area contributed by atoms with Crippen LogP contribution in [0, 0.1) is 0 Å². The summed E-state index contributed by atoms with van der Waals surface area (Å²) in [6.07, 6.45) is 27.2. The first-order chi connectivity index (χ1) is 24.6. The molecule has 1 heteroatoms. The fourth-order valence-electron chi connectivity index (χ4n) is 8.64. The van der Waals surface area contributed by atoms with E-state index in [-0.39, 0.29) is 10.8 Å². The van der Waals surface area contributed by atoms with Crippen LogP contribution in [-0.4, -0.2) is 5.11 Å². The first-order valence-corrected chi connectivity index (χ1v) is 21.6. The van der Waals surface area contributed by atoms with Crippen LogP contribution in [0.3, 0.4) is 0 Å². The highest BCUT2D eigenvalue weighted by atomic mass is 16.3. The third kappa shape index (κ3) is 13.4. The lowest BCUT2D eigenvalue weighted by Gasteiger charge is -2.33. The fourth-order valence-corrected chi connectivity index (χ4v) is 8.64. The SMILES string of the molecule is CCCCCCc1cccc(C(C)(C)Cc2cccc(O)c2CC(C)(C)c2cccc(CCCCCC)c2CCCCCC)c1CCCCCC. The maximum absolute atomic E-state index is 11.6. The van der Waals surface area contributed by atoms with E-state index in [1.54, 1.807) is 22.3 Å². The summed E-state index contributed by atoms with van der Waals surface area (Å²) >= 11 is 0. The van der Waals surface area contributed by atoms with Gasteiger partial charge in [-0.05, 0) is 126 Å². The second kappa shape index (κ2) is 22.5. The van der Waals surface area contributed by atoms with Crippen LogP contribution in [-0.2, 0) is 49.4 Å². The van der Waals surface area contributed by atoms with Gasteiger partial charge in [-0.2, -0.15) is 0 Å². The molecule has 0 fully saturated rings. The average molecular weight is 695 g/mol. The van der Waals surface area contributed by atoms with Crippen LogP contribution >= 0.6 is 0 Å². The lowest BCUT2D eigenvalue weighted by Crippen LogP contribution is -2.27. The van der Waals surface area contributed by atoms with Gasteiger partial charge in [0.05, 0.1) is 0 Å². The molecule has 1 N–H and O–H groups in total. The molecule has 0 saturated carbocycles. The third-order valence-electron chi connectivity index (χ3n) is 11.7. The van der Waals surface area contributed by atoms with Gasteiger partial charge in [-0.25, -0.2) is 0 Å². The summed E-state index contributed by atoms with van der Waals surface area (Å²) in [5, 5.41) is 11.6. The van der Waals surface area contributed by atoms with Crippen molar-refractivity contribution in [3.8, 4) is 5.75 Å². The van der Waals surface area contributed by atoms with Crippen molar-refractivity contribution < 1.29 is 5.11 Å². The topological polar surface area (TPSA) is 20.2 Å². The van der Waals surface area contributed by atoms with E-state index < -0.39 is 0 Å². The molecular formula is C50H78O. The van der Waals surface area contributed by atoms with E-state index in [0.29, 0.717) is 5.75 Å². The van der Waals surface area contributed by atoms with Crippen molar-refractivity contribution in [2.24, 2.45) is 0 Å². The monoisotopic (exact) mass is 695 g/mol. The quantitative estimate of drug-likeness (QED) is 0.0829. The Bertz CT molecular complexity index is 1410. The van der Waals surface area contributed by atoms with Gasteiger partial charge >= 0.3 is 0 Å². The minimum absolute atomic E-state index is 0.0466. The number of benzene rings is 3. The van der Waals surface area contributed by atoms with Crippen LogP contribution in [0.15, 0.2) is 54.6 Å². The zero-order chi connectivity index (χ0) is 37.1. The van der Waals surface area contributed by atoms with E-state index in [1.807, 2.05) is 6.07 Å². The van der Waals surface area contributed by atoms with Crippen LogP contribution in [0.5, 0.6) is 5.75 Å². The maximum Gasteiger partial charge on any atom is 0.119 e. The average Bonchev–Trinajstić information content (AvgIpc) is 3.10. The number of unbranched alkanes of at least 4 members (excludes halogenated alkanes) is 12. The molecule has 0 atom stereocenters. The summed E-state index contributed by atoms with van der Waals surface area (Å²) in [4.78, 5) is 0. The van der Waals surface area contributed by atoms with Crippen LogP contribution in [0.4, 0.5) is 0 Å². The Labute approximate surface area is 316 Å². The van der Waals surface area contributed by atoms with E-state index in [4.69, 9.17) is 0 Å². The van der Waals surface area contributed by atoms with Gasteiger partial charge in [0, 0.05) is 0 Å². The van der Waals surface area contributed by atoms with E-state index in [2.05, 4.69) is 104 Å². The number of hydrogen-bond donors (Lipinski definition) is 1. The molecule has 3 rings (SSSR count). The van der Waals surface area contributed by atoms with Crippen molar-refractivity contribution >= 4 is 0 Å². The van der Waals surface area contributed by atoms with Crippen molar-refractivity contribution in [1.82, 2.24) is 0 Å². The number of aryl methyl sites for hydroxylation is 2. The van der Waals surface area contributed by atoms with Gasteiger partial charge in [0.1, 0.15) is 5.75 Å². The molecule has 0 amide bonds. The lowest BCUT2D eigenvalue weighted by molar-refractivity contribution is 0.441. The minimum Gasteiger partial charge on any atom is -0.508 e.